The number of hydrogen-bond donors (Lipinski definition) is 1. The van der Waals surface area contributed by atoms with Crippen LogP contribution in [0.2, 0.25) is 0 Å². The topological polar surface area (TPSA) is 29.1 Å². The average molecular weight is 235 g/mol. The summed E-state index contributed by atoms with van der Waals surface area (Å²) in [5.74, 6) is 2.04. The lowest BCUT2D eigenvalue weighted by atomic mass is 9.84. The molecule has 3 rings (SSSR count). The molecular formula is C15H25NO. The highest BCUT2D eigenvalue weighted by Gasteiger charge is 2.38. The van der Waals surface area contributed by atoms with Crippen molar-refractivity contribution >= 4 is 5.78 Å². The Balaban J connectivity index is 1.52. The maximum absolute atomic E-state index is 12.3. The maximum Gasteiger partial charge on any atom is 0.150 e. The summed E-state index contributed by atoms with van der Waals surface area (Å²) in [4.78, 5) is 12.3. The predicted octanol–water partition coefficient (Wildman–Crippen LogP) is 3.06. The fraction of sp³-hybridized carbons (Fsp3) is 0.933. The Labute approximate surface area is 105 Å². The van der Waals surface area contributed by atoms with Gasteiger partial charge in [0.25, 0.3) is 0 Å². The molecule has 0 radical (unpaired) electrons. The summed E-state index contributed by atoms with van der Waals surface area (Å²) in [6, 6.07) is 0.880. The van der Waals surface area contributed by atoms with Crippen molar-refractivity contribution in [2.75, 3.05) is 0 Å². The minimum Gasteiger partial charge on any atom is -0.304 e. The van der Waals surface area contributed by atoms with Crippen LogP contribution in [0.3, 0.4) is 0 Å². The molecule has 0 aromatic rings. The van der Waals surface area contributed by atoms with Crippen molar-refractivity contribution in [3.63, 3.8) is 0 Å². The molecule has 0 spiro atoms. The normalized spacial score (nSPS) is 38.2. The van der Waals surface area contributed by atoms with Crippen LogP contribution in [0, 0.1) is 11.8 Å². The molecule has 3 aliphatic rings. The van der Waals surface area contributed by atoms with E-state index in [4.69, 9.17) is 0 Å². The second-order valence-electron chi connectivity index (χ2n) is 6.43. The molecule has 0 bridgehead atoms. The largest absolute Gasteiger partial charge is 0.304 e. The lowest BCUT2D eigenvalue weighted by molar-refractivity contribution is -0.121. The first-order chi connectivity index (χ1) is 8.33. The van der Waals surface area contributed by atoms with E-state index in [0.717, 1.165) is 18.8 Å². The minimum absolute atomic E-state index is 0.212. The molecule has 1 saturated heterocycles. The van der Waals surface area contributed by atoms with E-state index in [1.54, 1.807) is 0 Å². The van der Waals surface area contributed by atoms with Gasteiger partial charge < -0.3 is 5.32 Å². The van der Waals surface area contributed by atoms with Gasteiger partial charge in [-0.3, -0.25) is 4.79 Å². The van der Waals surface area contributed by atoms with Crippen molar-refractivity contribution in [2.45, 2.75) is 76.3 Å². The Hall–Kier alpha value is -0.370. The third-order valence-electron chi connectivity index (χ3n) is 5.22. The molecule has 1 N–H and O–H groups in total. The molecule has 2 nitrogen and oxygen atoms in total. The van der Waals surface area contributed by atoms with Crippen molar-refractivity contribution in [1.82, 2.24) is 5.32 Å². The quantitative estimate of drug-likeness (QED) is 0.814. The molecule has 3 fully saturated rings. The lowest BCUT2D eigenvalue weighted by Crippen LogP contribution is -2.37. The van der Waals surface area contributed by atoms with Crippen LogP contribution in [-0.4, -0.2) is 17.9 Å². The van der Waals surface area contributed by atoms with Gasteiger partial charge in [0.1, 0.15) is 5.78 Å². The van der Waals surface area contributed by atoms with Crippen LogP contribution in [0.5, 0.6) is 0 Å². The van der Waals surface area contributed by atoms with Crippen molar-refractivity contribution in [1.29, 1.82) is 0 Å². The van der Waals surface area contributed by atoms with E-state index in [1.807, 2.05) is 0 Å². The zero-order valence-electron chi connectivity index (χ0n) is 10.8. The first kappa shape index (κ1) is 11.7. The van der Waals surface area contributed by atoms with Gasteiger partial charge in [-0.25, -0.2) is 0 Å². The average Bonchev–Trinajstić information content (AvgIpc) is 2.96. The van der Waals surface area contributed by atoms with Crippen LogP contribution in [0.15, 0.2) is 0 Å². The van der Waals surface area contributed by atoms with Crippen molar-refractivity contribution < 1.29 is 4.79 Å². The number of carbonyl (C=O) groups is 1. The van der Waals surface area contributed by atoms with Gasteiger partial charge in [-0.15, -0.1) is 0 Å². The van der Waals surface area contributed by atoms with E-state index < -0.39 is 0 Å². The van der Waals surface area contributed by atoms with E-state index in [1.165, 1.54) is 51.4 Å². The van der Waals surface area contributed by atoms with Gasteiger partial charge in [0.15, 0.2) is 0 Å². The summed E-state index contributed by atoms with van der Waals surface area (Å²) in [7, 11) is 0. The summed E-state index contributed by atoms with van der Waals surface area (Å²) >= 11 is 0. The van der Waals surface area contributed by atoms with Crippen LogP contribution in [-0.2, 0) is 4.79 Å². The van der Waals surface area contributed by atoms with Crippen LogP contribution in [0.1, 0.15) is 64.2 Å². The number of nitrogens with one attached hydrogen (secondary N) is 1. The molecule has 0 aromatic carbocycles. The number of fused-ring (bicyclic) bond motifs is 1. The van der Waals surface area contributed by atoms with Crippen LogP contribution >= 0.6 is 0 Å². The number of ketones is 1. The molecule has 0 amide bonds. The molecule has 17 heavy (non-hydrogen) atoms. The maximum atomic E-state index is 12.3. The number of carbonyl (C=O) groups excluding carboxylic acids is 1. The Morgan fingerprint density at radius 3 is 2.47 bits per heavy atom. The summed E-state index contributed by atoms with van der Waals surface area (Å²) < 4.78 is 0. The van der Waals surface area contributed by atoms with Gasteiger partial charge in [-0.05, 0) is 31.1 Å². The number of Topliss-reactive ketones (excluding diaryl/α,β-unsaturated/α-hetero) is 1. The minimum atomic E-state index is 0.212. The highest BCUT2D eigenvalue weighted by molar-refractivity contribution is 5.84. The molecule has 1 heterocycles. The van der Waals surface area contributed by atoms with E-state index in [-0.39, 0.29) is 6.04 Å². The van der Waals surface area contributed by atoms with E-state index >= 15 is 0 Å². The summed E-state index contributed by atoms with van der Waals surface area (Å²) in [6.07, 6.45) is 12.7. The fourth-order valence-electron chi connectivity index (χ4n) is 4.20. The fourth-order valence-corrected chi connectivity index (χ4v) is 4.20. The monoisotopic (exact) mass is 235 g/mol. The second kappa shape index (κ2) is 5.09. The molecular weight excluding hydrogens is 210 g/mol. The Bertz CT molecular complexity index is 269. The molecule has 2 aliphatic carbocycles. The van der Waals surface area contributed by atoms with Gasteiger partial charge in [-0.1, -0.05) is 38.5 Å². The third-order valence-corrected chi connectivity index (χ3v) is 5.22. The summed E-state index contributed by atoms with van der Waals surface area (Å²) in [6.45, 7) is 0. The van der Waals surface area contributed by atoms with Crippen LogP contribution in [0.4, 0.5) is 0 Å². The van der Waals surface area contributed by atoms with Crippen molar-refractivity contribution in [3.05, 3.63) is 0 Å². The Morgan fingerprint density at radius 1 is 1.00 bits per heavy atom. The molecule has 1 aliphatic heterocycles. The Morgan fingerprint density at radius 2 is 1.71 bits per heavy atom. The lowest BCUT2D eigenvalue weighted by Gasteiger charge is -2.24. The molecule has 3 atom stereocenters. The third kappa shape index (κ3) is 2.57. The second-order valence-corrected chi connectivity index (χ2v) is 6.43. The highest BCUT2D eigenvalue weighted by Crippen LogP contribution is 2.35. The first-order valence-corrected chi connectivity index (χ1v) is 7.61. The van der Waals surface area contributed by atoms with Gasteiger partial charge in [-0.2, -0.15) is 0 Å². The molecule has 0 aromatic heterocycles. The van der Waals surface area contributed by atoms with E-state index in [0.29, 0.717) is 17.7 Å². The van der Waals surface area contributed by atoms with Crippen molar-refractivity contribution in [2.24, 2.45) is 11.8 Å². The first-order valence-electron chi connectivity index (χ1n) is 7.61. The molecule has 2 heteroatoms. The molecule has 2 saturated carbocycles. The molecule has 3 unspecified atom stereocenters. The molecule has 96 valence electrons. The smallest absolute Gasteiger partial charge is 0.150 e. The van der Waals surface area contributed by atoms with Gasteiger partial charge in [0, 0.05) is 12.5 Å². The zero-order valence-corrected chi connectivity index (χ0v) is 10.8. The Kier molecular flexibility index (Phi) is 3.51. The standard InChI is InChI=1S/C15H25NO/c17-15(9-11-5-1-2-6-11)14-10-12-7-3-4-8-13(12)16-14/h11-14,16H,1-10H2. The number of rotatable bonds is 3. The summed E-state index contributed by atoms with van der Waals surface area (Å²) in [5, 5.41) is 3.62. The summed E-state index contributed by atoms with van der Waals surface area (Å²) in [5.41, 5.74) is 0. The van der Waals surface area contributed by atoms with Crippen molar-refractivity contribution in [3.8, 4) is 0 Å². The van der Waals surface area contributed by atoms with Gasteiger partial charge in [0.05, 0.1) is 6.04 Å². The zero-order chi connectivity index (χ0) is 11.7. The van der Waals surface area contributed by atoms with Crippen LogP contribution in [0.25, 0.3) is 0 Å². The van der Waals surface area contributed by atoms with E-state index in [9.17, 15) is 4.79 Å². The number of hydrogen-bond acceptors (Lipinski definition) is 2. The SMILES string of the molecule is O=C(CC1CCCC1)C1CC2CCCCC2N1. The van der Waals surface area contributed by atoms with E-state index in [2.05, 4.69) is 5.32 Å². The predicted molar refractivity (Wildman–Crippen MR) is 68.9 cm³/mol. The highest BCUT2D eigenvalue weighted by atomic mass is 16.1. The van der Waals surface area contributed by atoms with Gasteiger partial charge in [0.2, 0.25) is 0 Å². The van der Waals surface area contributed by atoms with Crippen LogP contribution < -0.4 is 5.32 Å². The van der Waals surface area contributed by atoms with Gasteiger partial charge >= 0.3 is 0 Å².